The minimum atomic E-state index is -1.06. The molecule has 1 N–H and O–H groups in total. The predicted octanol–water partition coefficient (Wildman–Crippen LogP) is 6.33. The lowest BCUT2D eigenvalue weighted by Crippen LogP contribution is -2.19. The zero-order valence-corrected chi connectivity index (χ0v) is 20.5. The number of rotatable bonds is 12. The minimum absolute atomic E-state index is 0.0293. The van der Waals surface area contributed by atoms with E-state index in [0.717, 1.165) is 30.4 Å². The van der Waals surface area contributed by atoms with Crippen molar-refractivity contribution in [3.05, 3.63) is 83.3 Å². The lowest BCUT2D eigenvalue weighted by molar-refractivity contribution is -0.148. The van der Waals surface area contributed by atoms with E-state index >= 15 is 0 Å². The van der Waals surface area contributed by atoms with Crippen LogP contribution in [-0.4, -0.2) is 37.4 Å². The Morgan fingerprint density at radius 3 is 1.74 bits per heavy atom. The number of ether oxygens (including phenoxy) is 3. The molecule has 2 aromatic carbocycles. The van der Waals surface area contributed by atoms with Gasteiger partial charge in [-0.3, -0.25) is 0 Å². The van der Waals surface area contributed by atoms with Crippen LogP contribution in [0.1, 0.15) is 57.1 Å². The fourth-order valence-electron chi connectivity index (χ4n) is 2.99. The lowest BCUT2D eigenvalue weighted by atomic mass is 10.1. The van der Waals surface area contributed by atoms with Crippen LogP contribution in [0.25, 0.3) is 12.2 Å². The number of benzene rings is 2. The molecule has 0 aliphatic heterocycles. The summed E-state index contributed by atoms with van der Waals surface area (Å²) in [6, 6.07) is 18.8. The average molecular weight is 469 g/mol. The van der Waals surface area contributed by atoms with E-state index in [2.05, 4.69) is 11.7 Å². The van der Waals surface area contributed by atoms with Gasteiger partial charge in [-0.1, -0.05) is 87.4 Å². The fraction of sp³-hybridized carbons (Fsp3) is 0.357. The van der Waals surface area contributed by atoms with Gasteiger partial charge in [0.05, 0.1) is 14.2 Å². The van der Waals surface area contributed by atoms with E-state index in [0.29, 0.717) is 0 Å². The van der Waals surface area contributed by atoms with Crippen molar-refractivity contribution in [2.75, 3.05) is 14.2 Å². The molecule has 2 rings (SSSR count). The number of aliphatic carboxylic acids is 1. The second-order valence-corrected chi connectivity index (χ2v) is 7.48. The number of esters is 1. The molecule has 6 heteroatoms. The summed E-state index contributed by atoms with van der Waals surface area (Å²) in [5, 5.41) is 8.64. The molecule has 0 saturated heterocycles. The molecular formula is C28H36O6. The Bertz CT molecular complexity index is 903. The number of unbranched alkanes of at least 4 members (excludes halogenated alkanes) is 2. The van der Waals surface area contributed by atoms with Crippen LogP contribution in [0, 0.1) is 0 Å². The molecule has 0 aliphatic carbocycles. The predicted molar refractivity (Wildman–Crippen MR) is 135 cm³/mol. The third kappa shape index (κ3) is 11.4. The summed E-state index contributed by atoms with van der Waals surface area (Å²) < 4.78 is 15.4. The van der Waals surface area contributed by atoms with E-state index < -0.39 is 5.97 Å². The molecule has 2 aromatic rings. The molecule has 184 valence electrons. The molecule has 0 heterocycles. The molecule has 1 atom stereocenters. The zero-order chi connectivity index (χ0) is 25.2. The molecule has 0 aromatic heterocycles. The van der Waals surface area contributed by atoms with Gasteiger partial charge in [-0.05, 0) is 42.5 Å². The molecule has 1 unspecified atom stereocenters. The molecule has 0 spiro atoms. The van der Waals surface area contributed by atoms with Crippen molar-refractivity contribution in [1.29, 1.82) is 0 Å². The minimum Gasteiger partial charge on any atom is -0.490 e. The Morgan fingerprint density at radius 1 is 0.824 bits per heavy atom. The van der Waals surface area contributed by atoms with Gasteiger partial charge >= 0.3 is 11.9 Å². The van der Waals surface area contributed by atoms with Gasteiger partial charge in [0, 0.05) is 0 Å². The van der Waals surface area contributed by atoms with Crippen molar-refractivity contribution < 1.29 is 28.9 Å². The van der Waals surface area contributed by atoms with Crippen LogP contribution in [0.4, 0.5) is 0 Å². The van der Waals surface area contributed by atoms with Gasteiger partial charge in [0.2, 0.25) is 11.5 Å². The van der Waals surface area contributed by atoms with Crippen LogP contribution in [0.3, 0.4) is 0 Å². The van der Waals surface area contributed by atoms with Crippen molar-refractivity contribution in [3.8, 4) is 0 Å². The van der Waals surface area contributed by atoms with Crippen LogP contribution >= 0.6 is 0 Å². The summed E-state index contributed by atoms with van der Waals surface area (Å²) in [7, 11) is 2.83. The second kappa shape index (κ2) is 17.0. The number of carbonyl (C=O) groups excluding carboxylic acids is 1. The van der Waals surface area contributed by atoms with Gasteiger partial charge in [0.15, 0.2) is 0 Å². The van der Waals surface area contributed by atoms with Crippen molar-refractivity contribution in [2.45, 2.75) is 52.1 Å². The Labute approximate surface area is 202 Å². The molecule has 0 fully saturated rings. The van der Waals surface area contributed by atoms with Crippen LogP contribution in [-0.2, 0) is 23.8 Å². The molecule has 0 bridgehead atoms. The van der Waals surface area contributed by atoms with Crippen molar-refractivity contribution >= 4 is 24.1 Å². The summed E-state index contributed by atoms with van der Waals surface area (Å²) in [4.78, 5) is 22.7. The maximum atomic E-state index is 12.2. The first-order valence-corrected chi connectivity index (χ1v) is 11.5. The van der Waals surface area contributed by atoms with Crippen molar-refractivity contribution in [1.82, 2.24) is 0 Å². The number of carboxylic acid groups (broad SMARTS) is 1. The normalized spacial score (nSPS) is 12.1. The van der Waals surface area contributed by atoms with Gasteiger partial charge in [0.1, 0.15) is 6.10 Å². The van der Waals surface area contributed by atoms with Crippen molar-refractivity contribution in [3.63, 3.8) is 0 Å². The first-order chi connectivity index (χ1) is 16.4. The quantitative estimate of drug-likeness (QED) is 0.170. The van der Waals surface area contributed by atoms with Gasteiger partial charge < -0.3 is 19.3 Å². The Morgan fingerprint density at radius 2 is 1.32 bits per heavy atom. The number of hydrogen-bond acceptors (Lipinski definition) is 5. The van der Waals surface area contributed by atoms with Crippen LogP contribution < -0.4 is 0 Å². The monoisotopic (exact) mass is 468 g/mol. The number of hydrogen-bond donors (Lipinski definition) is 1. The number of carbonyl (C=O) groups is 2. The number of carboxylic acids is 1. The Balaban J connectivity index is 0.000000380. The third-order valence-corrected chi connectivity index (χ3v) is 4.91. The average Bonchev–Trinajstić information content (AvgIpc) is 2.86. The van der Waals surface area contributed by atoms with Crippen LogP contribution in [0.15, 0.2) is 72.2 Å². The second-order valence-electron chi connectivity index (χ2n) is 7.48. The van der Waals surface area contributed by atoms with Gasteiger partial charge in [0.25, 0.3) is 0 Å². The van der Waals surface area contributed by atoms with Gasteiger partial charge in [-0.15, -0.1) is 0 Å². The summed E-state index contributed by atoms with van der Waals surface area (Å²) in [5.41, 5.74) is 1.73. The van der Waals surface area contributed by atoms with Gasteiger partial charge in [-0.25, -0.2) is 9.59 Å². The Hall–Kier alpha value is -3.54. The molecular weight excluding hydrogens is 432 g/mol. The summed E-state index contributed by atoms with van der Waals surface area (Å²) in [6.45, 7) is 4.20. The van der Waals surface area contributed by atoms with Crippen LogP contribution in [0.5, 0.6) is 0 Å². The highest BCUT2D eigenvalue weighted by atomic mass is 16.6. The first-order valence-electron chi connectivity index (χ1n) is 11.5. The van der Waals surface area contributed by atoms with E-state index in [1.165, 1.54) is 33.1 Å². The molecule has 6 nitrogen and oxygen atoms in total. The van der Waals surface area contributed by atoms with E-state index in [1.54, 1.807) is 6.08 Å². The highest BCUT2D eigenvalue weighted by Gasteiger charge is 2.17. The molecule has 0 radical (unpaired) electrons. The summed E-state index contributed by atoms with van der Waals surface area (Å²) >= 11 is 0. The van der Waals surface area contributed by atoms with E-state index in [9.17, 15) is 9.59 Å². The molecule has 0 saturated carbocycles. The topological polar surface area (TPSA) is 82.1 Å². The summed E-state index contributed by atoms with van der Waals surface area (Å²) in [5.74, 6) is -1.27. The highest BCUT2D eigenvalue weighted by molar-refractivity contribution is 5.91. The zero-order valence-electron chi connectivity index (χ0n) is 20.5. The van der Waals surface area contributed by atoms with Crippen molar-refractivity contribution in [2.24, 2.45) is 0 Å². The first kappa shape index (κ1) is 28.5. The van der Waals surface area contributed by atoms with E-state index in [4.69, 9.17) is 14.6 Å². The maximum absolute atomic E-state index is 12.2. The summed E-state index contributed by atoms with van der Waals surface area (Å²) in [6.07, 6.45) is 8.33. The van der Waals surface area contributed by atoms with Crippen LogP contribution in [0.2, 0.25) is 0 Å². The molecule has 0 aliphatic rings. The largest absolute Gasteiger partial charge is 0.490 e. The lowest BCUT2D eigenvalue weighted by Gasteiger charge is -2.16. The third-order valence-electron chi connectivity index (χ3n) is 4.91. The molecule has 0 amide bonds. The number of methoxy groups -OCH3 is 2. The maximum Gasteiger partial charge on any atom is 0.373 e. The van der Waals surface area contributed by atoms with Gasteiger partial charge in [-0.2, -0.15) is 0 Å². The standard InChI is InChI=1S/C18H26O3.C10H10O3/c1-4-6-8-13-16(5-2)21-18(19)17(20-3)14-15-11-9-7-10-12-15;1-13-9(10(11)12)7-8-5-3-2-4-6-8/h7,9-12,14,16H,4-6,8,13H2,1-3H3;2-7H,1H3,(H,11,12). The van der Waals surface area contributed by atoms with E-state index in [-0.39, 0.29) is 23.6 Å². The fourth-order valence-corrected chi connectivity index (χ4v) is 2.99. The smallest absolute Gasteiger partial charge is 0.373 e. The SMILES string of the molecule is CCCCCC(CC)OC(=O)C(=Cc1ccccc1)OC.COC(=Cc1ccccc1)C(=O)O. The highest BCUT2D eigenvalue weighted by Crippen LogP contribution is 2.15. The van der Waals surface area contributed by atoms with E-state index in [1.807, 2.05) is 67.6 Å². The molecule has 34 heavy (non-hydrogen) atoms. The Kier molecular flexibility index (Phi) is 14.3.